The minimum atomic E-state index is -4.34. The zero-order chi connectivity index (χ0) is 13.8. The van der Waals surface area contributed by atoms with E-state index in [9.17, 15) is 13.2 Å². The van der Waals surface area contributed by atoms with Gasteiger partial charge in [0.1, 0.15) is 5.82 Å². The Morgan fingerprint density at radius 2 is 2.05 bits per heavy atom. The maximum absolute atomic E-state index is 12.7. The maximum atomic E-state index is 12.7. The molecule has 2 aromatic rings. The second kappa shape index (κ2) is 3.72. The largest absolute Gasteiger partial charge is 0.416 e. The van der Waals surface area contributed by atoms with Crippen LogP contribution >= 0.6 is 0 Å². The van der Waals surface area contributed by atoms with E-state index >= 15 is 0 Å². The Labute approximate surface area is 108 Å². The van der Waals surface area contributed by atoms with Gasteiger partial charge in [0, 0.05) is 19.0 Å². The number of benzene rings is 1. The minimum Gasteiger partial charge on any atom is -0.331 e. The molecule has 0 aliphatic heterocycles. The first-order valence-corrected chi connectivity index (χ1v) is 6.12. The number of alkyl halides is 3. The van der Waals surface area contributed by atoms with E-state index in [1.54, 1.807) is 0 Å². The van der Waals surface area contributed by atoms with Crippen molar-refractivity contribution in [2.75, 3.05) is 6.54 Å². The lowest BCUT2D eigenvalue weighted by Gasteiger charge is -2.11. The molecule has 1 heterocycles. The lowest BCUT2D eigenvalue weighted by molar-refractivity contribution is -0.137. The predicted octanol–water partition coefficient (Wildman–Crippen LogP) is 2.58. The molecular weight excluding hydrogens is 255 g/mol. The molecular formula is C13H14F3N3. The van der Waals surface area contributed by atoms with Crippen LogP contribution in [0.3, 0.4) is 0 Å². The molecule has 1 aromatic heterocycles. The number of rotatable bonds is 2. The van der Waals surface area contributed by atoms with E-state index < -0.39 is 11.7 Å². The average Bonchev–Trinajstić information content (AvgIpc) is 3.08. The van der Waals surface area contributed by atoms with Gasteiger partial charge in [0.25, 0.3) is 0 Å². The third-order valence-corrected chi connectivity index (χ3v) is 3.93. The number of nitrogens with zero attached hydrogens (tertiary/aromatic N) is 2. The van der Waals surface area contributed by atoms with Crippen LogP contribution in [0.1, 0.15) is 24.2 Å². The molecule has 102 valence electrons. The zero-order valence-electron chi connectivity index (χ0n) is 10.5. The molecule has 0 radical (unpaired) electrons. The number of hydrogen-bond acceptors (Lipinski definition) is 2. The second-order valence-corrected chi connectivity index (χ2v) is 5.18. The summed E-state index contributed by atoms with van der Waals surface area (Å²) >= 11 is 0. The minimum absolute atomic E-state index is 0.133. The number of imidazole rings is 1. The molecule has 19 heavy (non-hydrogen) atoms. The first kappa shape index (κ1) is 12.5. The maximum Gasteiger partial charge on any atom is 0.416 e. The summed E-state index contributed by atoms with van der Waals surface area (Å²) in [5.41, 5.74) is 6.05. The fourth-order valence-corrected chi connectivity index (χ4v) is 2.52. The smallest absolute Gasteiger partial charge is 0.331 e. The molecule has 0 bridgehead atoms. The number of halogens is 3. The Morgan fingerprint density at radius 3 is 2.58 bits per heavy atom. The third kappa shape index (κ3) is 1.82. The van der Waals surface area contributed by atoms with Crippen molar-refractivity contribution >= 4 is 11.0 Å². The van der Waals surface area contributed by atoms with Gasteiger partial charge >= 0.3 is 6.18 Å². The van der Waals surface area contributed by atoms with Crippen molar-refractivity contribution in [1.82, 2.24) is 9.55 Å². The molecule has 2 N–H and O–H groups in total. The lowest BCUT2D eigenvalue weighted by atomic mass is 10.1. The van der Waals surface area contributed by atoms with E-state index in [0.29, 0.717) is 17.6 Å². The van der Waals surface area contributed by atoms with Crippen LogP contribution in [-0.4, -0.2) is 16.1 Å². The van der Waals surface area contributed by atoms with E-state index in [1.807, 2.05) is 11.6 Å². The van der Waals surface area contributed by atoms with Crippen LogP contribution in [0.4, 0.5) is 13.2 Å². The summed E-state index contributed by atoms with van der Waals surface area (Å²) in [5.74, 6) is 0.796. The highest BCUT2D eigenvalue weighted by molar-refractivity contribution is 5.77. The first-order valence-electron chi connectivity index (χ1n) is 6.12. The Bertz CT molecular complexity index is 638. The van der Waals surface area contributed by atoms with E-state index in [-0.39, 0.29) is 5.41 Å². The van der Waals surface area contributed by atoms with Gasteiger partial charge in [-0.25, -0.2) is 4.98 Å². The van der Waals surface area contributed by atoms with Gasteiger partial charge in [-0.15, -0.1) is 0 Å². The van der Waals surface area contributed by atoms with Crippen molar-refractivity contribution in [2.24, 2.45) is 12.8 Å². The number of aromatic nitrogens is 2. The summed E-state index contributed by atoms with van der Waals surface area (Å²) in [6.45, 7) is 0.482. The van der Waals surface area contributed by atoms with Crippen molar-refractivity contribution in [3.8, 4) is 0 Å². The van der Waals surface area contributed by atoms with Gasteiger partial charge in [-0.3, -0.25) is 0 Å². The molecule has 3 nitrogen and oxygen atoms in total. The zero-order valence-corrected chi connectivity index (χ0v) is 10.5. The molecule has 0 spiro atoms. The van der Waals surface area contributed by atoms with Crippen LogP contribution in [0, 0.1) is 0 Å². The fraction of sp³-hybridized carbons (Fsp3) is 0.462. The van der Waals surface area contributed by atoms with E-state index in [1.165, 1.54) is 6.07 Å². The number of fused-ring (bicyclic) bond motifs is 1. The average molecular weight is 269 g/mol. The highest BCUT2D eigenvalue weighted by atomic mass is 19.4. The summed E-state index contributed by atoms with van der Waals surface area (Å²) in [6, 6.07) is 3.67. The number of aryl methyl sites for hydroxylation is 1. The quantitative estimate of drug-likeness (QED) is 0.910. The molecule has 1 fully saturated rings. The monoisotopic (exact) mass is 269 g/mol. The summed E-state index contributed by atoms with van der Waals surface area (Å²) in [6.07, 6.45) is -2.43. The standard InChI is InChI=1S/C13H14F3N3/c1-19-10-3-2-8(13(14,15)16)6-9(10)18-11(19)12(7-17)4-5-12/h2-3,6H,4-5,7,17H2,1H3. The Morgan fingerprint density at radius 1 is 1.37 bits per heavy atom. The molecule has 1 aliphatic carbocycles. The molecule has 1 saturated carbocycles. The number of hydrogen-bond donors (Lipinski definition) is 1. The van der Waals surface area contributed by atoms with Crippen LogP contribution in [0.5, 0.6) is 0 Å². The summed E-state index contributed by atoms with van der Waals surface area (Å²) in [7, 11) is 1.83. The topological polar surface area (TPSA) is 43.8 Å². The SMILES string of the molecule is Cn1c(C2(CN)CC2)nc2cc(C(F)(F)F)ccc21. The van der Waals surface area contributed by atoms with Crippen molar-refractivity contribution in [3.63, 3.8) is 0 Å². The molecule has 6 heteroatoms. The molecule has 0 amide bonds. The molecule has 0 atom stereocenters. The van der Waals surface area contributed by atoms with Crippen molar-refractivity contribution < 1.29 is 13.2 Å². The molecule has 1 aliphatic rings. The predicted molar refractivity (Wildman–Crippen MR) is 65.7 cm³/mol. The van der Waals surface area contributed by atoms with Gasteiger partial charge in [-0.05, 0) is 31.0 Å². The van der Waals surface area contributed by atoms with Gasteiger partial charge in [0.2, 0.25) is 0 Å². The van der Waals surface area contributed by atoms with Gasteiger partial charge in [0.15, 0.2) is 0 Å². The van der Waals surface area contributed by atoms with Crippen LogP contribution in [0.2, 0.25) is 0 Å². The second-order valence-electron chi connectivity index (χ2n) is 5.18. The summed E-state index contributed by atoms with van der Waals surface area (Å²) in [5, 5.41) is 0. The lowest BCUT2D eigenvalue weighted by Crippen LogP contribution is -2.23. The Balaban J connectivity index is 2.16. The van der Waals surface area contributed by atoms with Gasteiger partial charge < -0.3 is 10.3 Å². The van der Waals surface area contributed by atoms with Gasteiger partial charge in [-0.2, -0.15) is 13.2 Å². The van der Waals surface area contributed by atoms with Crippen LogP contribution < -0.4 is 5.73 Å². The highest BCUT2D eigenvalue weighted by Gasteiger charge is 2.46. The first-order chi connectivity index (χ1) is 8.87. The van der Waals surface area contributed by atoms with Crippen molar-refractivity contribution in [1.29, 1.82) is 0 Å². The molecule has 0 unspecified atom stereocenters. The number of nitrogens with two attached hydrogens (primary N) is 1. The normalized spacial score (nSPS) is 17.9. The molecule has 0 saturated heterocycles. The van der Waals surface area contributed by atoms with Crippen LogP contribution in [-0.2, 0) is 18.6 Å². The van der Waals surface area contributed by atoms with Gasteiger partial charge in [-0.1, -0.05) is 0 Å². The fourth-order valence-electron chi connectivity index (χ4n) is 2.52. The van der Waals surface area contributed by atoms with Crippen LogP contribution in [0.25, 0.3) is 11.0 Å². The van der Waals surface area contributed by atoms with Crippen molar-refractivity contribution in [3.05, 3.63) is 29.6 Å². The highest BCUT2D eigenvalue weighted by Crippen LogP contribution is 2.47. The van der Waals surface area contributed by atoms with Crippen molar-refractivity contribution in [2.45, 2.75) is 24.4 Å². The third-order valence-electron chi connectivity index (χ3n) is 3.93. The molecule has 3 rings (SSSR count). The summed E-state index contributed by atoms with van der Waals surface area (Å²) in [4.78, 5) is 4.37. The van der Waals surface area contributed by atoms with E-state index in [4.69, 9.17) is 5.73 Å². The summed E-state index contributed by atoms with van der Waals surface area (Å²) < 4.78 is 39.9. The Hall–Kier alpha value is -1.56. The molecule has 1 aromatic carbocycles. The van der Waals surface area contributed by atoms with E-state index in [2.05, 4.69) is 4.98 Å². The Kier molecular flexibility index (Phi) is 2.44. The van der Waals surface area contributed by atoms with Gasteiger partial charge in [0.05, 0.1) is 16.6 Å². The van der Waals surface area contributed by atoms with E-state index in [0.717, 1.165) is 30.8 Å². The van der Waals surface area contributed by atoms with Crippen LogP contribution in [0.15, 0.2) is 18.2 Å².